The Balaban J connectivity index is 0.000000280. The monoisotopic (exact) mass is 519 g/mol. The van der Waals surface area contributed by atoms with Crippen molar-refractivity contribution >= 4 is 61.6 Å². The van der Waals surface area contributed by atoms with Crippen LogP contribution in [0.4, 0.5) is 0 Å². The lowest BCUT2D eigenvalue weighted by molar-refractivity contribution is 0.203. The standard InChI is InChI=1S/C8H16Cl2NO2P.C7H15Cl2N2O2P/c9-4-2-8(3-5-10)14(12)11-6-1-7-13-14;8-2-4-10-14(12)11(6-3-9)5-1-7-13-14/h8H,1-7H2,(H,11,12);1-7H2,(H,10,12). The highest BCUT2D eigenvalue weighted by molar-refractivity contribution is 7.57. The molecular weight excluding hydrogens is 490 g/mol. The quantitative estimate of drug-likeness (QED) is 0.319. The van der Waals surface area contributed by atoms with Crippen LogP contribution in [0.3, 0.4) is 0 Å². The van der Waals surface area contributed by atoms with Gasteiger partial charge in [0.05, 0.1) is 18.9 Å². The fourth-order valence-electron chi connectivity index (χ4n) is 2.84. The molecule has 0 spiro atoms. The maximum atomic E-state index is 12.3. The SMILES string of the molecule is O=P1(C(CCCl)CCCl)NCCCO1.O=P1(NCCCl)OCCCN1CCCl. The Labute approximate surface area is 188 Å². The first kappa shape index (κ1) is 27.5. The minimum atomic E-state index is -2.84. The molecule has 2 unspecified atom stereocenters. The number of nitrogens with zero attached hydrogens (tertiary/aromatic N) is 1. The van der Waals surface area contributed by atoms with Crippen molar-refractivity contribution in [1.82, 2.24) is 14.8 Å². The van der Waals surface area contributed by atoms with Crippen molar-refractivity contribution < 1.29 is 18.2 Å². The van der Waals surface area contributed by atoms with Crippen molar-refractivity contribution in [3.63, 3.8) is 0 Å². The van der Waals surface area contributed by atoms with E-state index in [0.29, 0.717) is 62.7 Å². The van der Waals surface area contributed by atoms with Gasteiger partial charge in [-0.1, -0.05) is 0 Å². The predicted molar refractivity (Wildman–Crippen MR) is 120 cm³/mol. The second-order valence-corrected chi connectivity index (χ2v) is 12.4. The van der Waals surface area contributed by atoms with E-state index in [0.717, 1.165) is 25.9 Å². The van der Waals surface area contributed by atoms with Crippen LogP contribution in [-0.2, 0) is 18.2 Å². The van der Waals surface area contributed by atoms with E-state index in [-0.39, 0.29) is 5.66 Å². The zero-order valence-corrected chi connectivity index (χ0v) is 20.8. The average molecular weight is 521 g/mol. The number of hydrogen-bond donors (Lipinski definition) is 2. The van der Waals surface area contributed by atoms with Gasteiger partial charge in [0.2, 0.25) is 0 Å². The molecule has 0 saturated carbocycles. The molecule has 0 aromatic heterocycles. The van der Waals surface area contributed by atoms with Gasteiger partial charge in [0, 0.05) is 49.7 Å². The molecule has 13 heteroatoms. The van der Waals surface area contributed by atoms with Gasteiger partial charge in [0.15, 0.2) is 0 Å². The zero-order chi connectivity index (χ0) is 20.9. The Morgan fingerprint density at radius 1 is 0.964 bits per heavy atom. The van der Waals surface area contributed by atoms with Crippen LogP contribution in [0.2, 0.25) is 0 Å². The van der Waals surface area contributed by atoms with E-state index < -0.39 is 15.2 Å². The van der Waals surface area contributed by atoms with Gasteiger partial charge in [-0.2, -0.15) is 0 Å². The van der Waals surface area contributed by atoms with Gasteiger partial charge in [0.1, 0.15) is 0 Å². The van der Waals surface area contributed by atoms with Crippen LogP contribution >= 0.6 is 61.6 Å². The molecule has 0 amide bonds. The molecule has 7 nitrogen and oxygen atoms in total. The van der Waals surface area contributed by atoms with Crippen molar-refractivity contribution in [2.45, 2.75) is 31.3 Å². The minimum absolute atomic E-state index is 0.0298. The van der Waals surface area contributed by atoms with Crippen LogP contribution in [0, 0.1) is 0 Å². The molecule has 0 aromatic rings. The lowest BCUT2D eigenvalue weighted by atomic mass is 10.3. The number of rotatable bonds is 10. The molecule has 2 rings (SSSR count). The first-order chi connectivity index (χ1) is 13.5. The van der Waals surface area contributed by atoms with Crippen LogP contribution in [0.1, 0.15) is 25.7 Å². The summed E-state index contributed by atoms with van der Waals surface area (Å²) in [5.74, 6) is 1.87. The van der Waals surface area contributed by atoms with Crippen LogP contribution in [-0.4, -0.2) is 73.2 Å². The zero-order valence-electron chi connectivity index (χ0n) is 16.0. The van der Waals surface area contributed by atoms with Gasteiger partial charge in [-0.05, 0) is 25.7 Å². The highest BCUT2D eigenvalue weighted by atomic mass is 35.5. The van der Waals surface area contributed by atoms with Gasteiger partial charge in [-0.15, -0.1) is 46.4 Å². The summed E-state index contributed by atoms with van der Waals surface area (Å²) in [5, 5.41) is 5.83. The van der Waals surface area contributed by atoms with E-state index in [4.69, 9.17) is 55.5 Å². The van der Waals surface area contributed by atoms with Crippen LogP contribution < -0.4 is 10.2 Å². The average Bonchev–Trinajstić information content (AvgIpc) is 2.69. The molecule has 0 radical (unpaired) electrons. The summed E-state index contributed by atoms with van der Waals surface area (Å²) >= 11 is 22.5. The van der Waals surface area contributed by atoms with Crippen LogP contribution in [0.15, 0.2) is 0 Å². The van der Waals surface area contributed by atoms with Crippen molar-refractivity contribution in [2.24, 2.45) is 0 Å². The fraction of sp³-hybridized carbons (Fsp3) is 1.00. The van der Waals surface area contributed by atoms with E-state index in [1.54, 1.807) is 4.67 Å². The Kier molecular flexibility index (Phi) is 15.0. The Morgan fingerprint density at radius 3 is 2.18 bits per heavy atom. The summed E-state index contributed by atoms with van der Waals surface area (Å²) in [4.78, 5) is 0. The fourth-order valence-corrected chi connectivity index (χ4v) is 8.58. The number of nitrogens with one attached hydrogen (secondary N) is 2. The summed E-state index contributed by atoms with van der Waals surface area (Å²) in [5.41, 5.74) is -0.0298. The van der Waals surface area contributed by atoms with Gasteiger partial charge in [-0.3, -0.25) is 9.13 Å². The topological polar surface area (TPSA) is 79.9 Å². The molecular formula is C15H31Cl4N3O4P2. The molecule has 2 heterocycles. The Morgan fingerprint density at radius 2 is 1.64 bits per heavy atom. The molecule has 0 aromatic carbocycles. The van der Waals surface area contributed by atoms with E-state index in [9.17, 15) is 9.13 Å². The number of halogens is 4. The van der Waals surface area contributed by atoms with Gasteiger partial charge in [0.25, 0.3) is 7.52 Å². The number of hydrogen-bond acceptors (Lipinski definition) is 4. The van der Waals surface area contributed by atoms with Crippen molar-refractivity contribution in [3.05, 3.63) is 0 Å². The first-order valence-electron chi connectivity index (χ1n) is 9.44. The van der Waals surface area contributed by atoms with Gasteiger partial charge in [-0.25, -0.2) is 14.8 Å². The Bertz CT molecular complexity index is 493. The van der Waals surface area contributed by atoms with E-state index in [1.165, 1.54) is 0 Å². The third kappa shape index (κ3) is 9.28. The highest BCUT2D eigenvalue weighted by Crippen LogP contribution is 2.52. The molecule has 2 fully saturated rings. The minimum Gasteiger partial charge on any atom is -0.317 e. The van der Waals surface area contributed by atoms with E-state index in [1.807, 2.05) is 0 Å². The second kappa shape index (κ2) is 15.3. The molecule has 2 atom stereocenters. The Hall–Kier alpha value is 1.42. The summed E-state index contributed by atoms with van der Waals surface area (Å²) in [6.07, 6.45) is 3.19. The maximum absolute atomic E-state index is 12.3. The molecule has 2 saturated heterocycles. The molecule has 0 bridgehead atoms. The molecule has 2 N–H and O–H groups in total. The van der Waals surface area contributed by atoms with Gasteiger partial charge >= 0.3 is 7.67 Å². The highest BCUT2D eigenvalue weighted by Gasteiger charge is 2.35. The summed E-state index contributed by atoms with van der Waals surface area (Å²) in [6.45, 7) is 3.69. The normalized spacial score (nSPS) is 28.8. The smallest absolute Gasteiger partial charge is 0.317 e. The third-order valence-corrected chi connectivity index (χ3v) is 10.1. The third-order valence-electron chi connectivity index (χ3n) is 4.25. The summed E-state index contributed by atoms with van der Waals surface area (Å²) in [6, 6.07) is 0. The summed E-state index contributed by atoms with van der Waals surface area (Å²) in [7, 11) is -5.52. The van der Waals surface area contributed by atoms with Crippen molar-refractivity contribution in [3.8, 4) is 0 Å². The number of alkyl halides is 4. The van der Waals surface area contributed by atoms with Crippen molar-refractivity contribution in [1.29, 1.82) is 0 Å². The lowest BCUT2D eigenvalue weighted by Gasteiger charge is -2.34. The van der Waals surface area contributed by atoms with E-state index >= 15 is 0 Å². The lowest BCUT2D eigenvalue weighted by Crippen LogP contribution is -2.36. The van der Waals surface area contributed by atoms with Crippen LogP contribution in [0.25, 0.3) is 0 Å². The molecule has 0 aliphatic carbocycles. The van der Waals surface area contributed by atoms with Crippen LogP contribution in [0.5, 0.6) is 0 Å². The van der Waals surface area contributed by atoms with E-state index in [2.05, 4.69) is 10.2 Å². The molecule has 2 aliphatic rings. The second-order valence-electron chi connectivity index (χ2n) is 6.25. The largest absolute Gasteiger partial charge is 0.343 e. The predicted octanol–water partition coefficient (Wildman–Crippen LogP) is 4.70. The maximum Gasteiger partial charge on any atom is 0.343 e. The summed E-state index contributed by atoms with van der Waals surface area (Å²) < 4.78 is 36.9. The van der Waals surface area contributed by atoms with Crippen molar-refractivity contribution in [2.75, 3.05) is 62.9 Å². The molecule has 168 valence electrons. The van der Waals surface area contributed by atoms with Gasteiger partial charge < -0.3 is 9.05 Å². The molecule has 2 aliphatic heterocycles. The molecule has 28 heavy (non-hydrogen) atoms. The first-order valence-corrected chi connectivity index (χ1v) is 14.8.